The highest BCUT2D eigenvalue weighted by Gasteiger charge is 2.20. The maximum atomic E-state index is 12.0. The predicted molar refractivity (Wildman–Crippen MR) is 75.4 cm³/mol. The normalized spacial score (nSPS) is 11.3. The summed E-state index contributed by atoms with van der Waals surface area (Å²) in [6.45, 7) is 0. The molecule has 0 saturated heterocycles. The van der Waals surface area contributed by atoms with Gasteiger partial charge in [0.05, 0.1) is 5.69 Å². The van der Waals surface area contributed by atoms with E-state index in [1.807, 2.05) is 4.98 Å². The first kappa shape index (κ1) is 14.8. The predicted octanol–water partition coefficient (Wildman–Crippen LogP) is 0.675. The number of nitrogens with one attached hydrogen (secondary N) is 3. The molecular formula is C9H6BrClN4O4S. The molecule has 0 aliphatic carbocycles. The standard InChI is InChI=1S/C9H6BrClN4O4S/c10-4-1-5(7(11)12-2-4)15-20(18,19)6-3-13-9(17)14-8(6)16/h1-3,15H,(H2,13,14,16,17). The summed E-state index contributed by atoms with van der Waals surface area (Å²) >= 11 is 8.86. The number of nitrogens with zero attached hydrogens (tertiary/aromatic N) is 1. The Hall–Kier alpha value is -1.65. The van der Waals surface area contributed by atoms with E-state index in [9.17, 15) is 18.0 Å². The summed E-state index contributed by atoms with van der Waals surface area (Å²) in [5.41, 5.74) is -1.86. The average molecular weight is 382 g/mol. The van der Waals surface area contributed by atoms with Crippen LogP contribution in [0.2, 0.25) is 5.15 Å². The van der Waals surface area contributed by atoms with Crippen molar-refractivity contribution in [3.05, 3.63) is 48.9 Å². The van der Waals surface area contributed by atoms with Crippen molar-refractivity contribution in [2.75, 3.05) is 4.72 Å². The second kappa shape index (κ2) is 5.38. The number of aromatic amines is 2. The number of halogens is 2. The molecule has 2 rings (SSSR count). The molecule has 0 bridgehead atoms. The van der Waals surface area contributed by atoms with Crippen LogP contribution in [0.5, 0.6) is 0 Å². The van der Waals surface area contributed by atoms with Crippen LogP contribution in [-0.2, 0) is 10.0 Å². The van der Waals surface area contributed by atoms with Gasteiger partial charge in [-0.05, 0) is 22.0 Å². The maximum Gasteiger partial charge on any atom is 0.325 e. The molecule has 2 heterocycles. The highest BCUT2D eigenvalue weighted by Crippen LogP contribution is 2.24. The van der Waals surface area contributed by atoms with Gasteiger partial charge in [-0.2, -0.15) is 0 Å². The molecule has 0 aliphatic heterocycles. The average Bonchev–Trinajstić information content (AvgIpc) is 2.33. The number of pyridine rings is 1. The zero-order chi connectivity index (χ0) is 14.9. The van der Waals surface area contributed by atoms with Gasteiger partial charge in [-0.1, -0.05) is 11.6 Å². The third-order valence-electron chi connectivity index (χ3n) is 2.12. The minimum atomic E-state index is -4.21. The third-order valence-corrected chi connectivity index (χ3v) is 4.23. The van der Waals surface area contributed by atoms with E-state index in [2.05, 4.69) is 30.6 Å². The number of sulfonamides is 1. The molecule has 8 nitrogen and oxygen atoms in total. The molecular weight excluding hydrogens is 376 g/mol. The quantitative estimate of drug-likeness (QED) is 0.674. The lowest BCUT2D eigenvalue weighted by Crippen LogP contribution is -2.29. The third kappa shape index (κ3) is 3.08. The molecule has 20 heavy (non-hydrogen) atoms. The lowest BCUT2D eigenvalue weighted by molar-refractivity contribution is 0.599. The number of H-pyrrole nitrogens is 2. The van der Waals surface area contributed by atoms with E-state index < -0.39 is 26.2 Å². The molecule has 11 heteroatoms. The first-order valence-electron chi connectivity index (χ1n) is 4.95. The van der Waals surface area contributed by atoms with Gasteiger partial charge in [0.25, 0.3) is 15.6 Å². The van der Waals surface area contributed by atoms with Crippen molar-refractivity contribution in [1.29, 1.82) is 0 Å². The van der Waals surface area contributed by atoms with Crippen molar-refractivity contribution in [3.8, 4) is 0 Å². The fraction of sp³-hybridized carbons (Fsp3) is 0. The number of rotatable bonds is 3. The van der Waals surface area contributed by atoms with Gasteiger partial charge >= 0.3 is 5.69 Å². The van der Waals surface area contributed by atoms with E-state index in [0.717, 1.165) is 6.20 Å². The van der Waals surface area contributed by atoms with Crippen molar-refractivity contribution < 1.29 is 8.42 Å². The van der Waals surface area contributed by atoms with E-state index >= 15 is 0 Å². The Labute approximate surface area is 125 Å². The Morgan fingerprint density at radius 1 is 1.35 bits per heavy atom. The minimum Gasteiger partial charge on any atom is -0.313 e. The zero-order valence-electron chi connectivity index (χ0n) is 9.48. The molecule has 0 spiro atoms. The fourth-order valence-electron chi connectivity index (χ4n) is 1.29. The molecule has 0 radical (unpaired) electrons. The zero-order valence-corrected chi connectivity index (χ0v) is 12.6. The number of anilines is 1. The van der Waals surface area contributed by atoms with Crippen molar-refractivity contribution >= 4 is 43.2 Å². The molecule has 0 saturated carbocycles. The van der Waals surface area contributed by atoms with E-state index in [-0.39, 0.29) is 10.8 Å². The topological polar surface area (TPSA) is 125 Å². The minimum absolute atomic E-state index is 0.00774. The lowest BCUT2D eigenvalue weighted by atomic mass is 10.4. The largest absolute Gasteiger partial charge is 0.325 e. The Bertz CT molecular complexity index is 876. The summed E-state index contributed by atoms with van der Waals surface area (Å²) in [5.74, 6) is 0. The number of aromatic nitrogens is 3. The van der Waals surface area contributed by atoms with Crippen molar-refractivity contribution in [2.24, 2.45) is 0 Å². The summed E-state index contributed by atoms with van der Waals surface area (Å²) in [6.07, 6.45) is 2.18. The monoisotopic (exact) mass is 380 g/mol. The Morgan fingerprint density at radius 2 is 2.05 bits per heavy atom. The number of hydrogen-bond donors (Lipinski definition) is 3. The van der Waals surface area contributed by atoms with Gasteiger partial charge in [0.1, 0.15) is 0 Å². The van der Waals surface area contributed by atoms with Crippen LogP contribution < -0.4 is 16.0 Å². The summed E-state index contributed by atoms with van der Waals surface area (Å²) < 4.78 is 26.7. The summed E-state index contributed by atoms with van der Waals surface area (Å²) in [7, 11) is -4.21. The fourth-order valence-corrected chi connectivity index (χ4v) is 2.89. The van der Waals surface area contributed by atoms with Crippen LogP contribution in [-0.4, -0.2) is 23.4 Å². The lowest BCUT2D eigenvalue weighted by Gasteiger charge is -2.08. The molecule has 0 atom stereocenters. The van der Waals surface area contributed by atoms with Crippen LogP contribution >= 0.6 is 27.5 Å². The van der Waals surface area contributed by atoms with Gasteiger partial charge in [0, 0.05) is 16.9 Å². The SMILES string of the molecule is O=c1[nH]cc(S(=O)(=O)Nc2cc(Br)cnc2Cl)c(=O)[nH]1. The van der Waals surface area contributed by atoms with Gasteiger partial charge < -0.3 is 4.98 Å². The second-order valence-electron chi connectivity index (χ2n) is 3.53. The summed E-state index contributed by atoms with van der Waals surface area (Å²) in [4.78, 5) is 29.3. The van der Waals surface area contributed by atoms with Crippen molar-refractivity contribution in [1.82, 2.24) is 15.0 Å². The van der Waals surface area contributed by atoms with Gasteiger partial charge in [-0.3, -0.25) is 14.5 Å². The van der Waals surface area contributed by atoms with Crippen molar-refractivity contribution in [2.45, 2.75) is 4.90 Å². The van der Waals surface area contributed by atoms with E-state index in [1.165, 1.54) is 12.3 Å². The smallest absolute Gasteiger partial charge is 0.313 e. The molecule has 0 aromatic carbocycles. The van der Waals surface area contributed by atoms with Gasteiger partial charge in [0.15, 0.2) is 10.0 Å². The maximum absolute atomic E-state index is 12.0. The van der Waals surface area contributed by atoms with E-state index in [1.54, 1.807) is 0 Å². The van der Waals surface area contributed by atoms with Crippen LogP contribution in [0.4, 0.5) is 5.69 Å². The first-order chi connectivity index (χ1) is 9.29. The Kier molecular flexibility index (Phi) is 3.97. The van der Waals surface area contributed by atoms with Crippen molar-refractivity contribution in [3.63, 3.8) is 0 Å². The molecule has 3 N–H and O–H groups in total. The highest BCUT2D eigenvalue weighted by atomic mass is 79.9. The summed E-state index contributed by atoms with van der Waals surface area (Å²) in [5, 5.41) is -0.0855. The van der Waals surface area contributed by atoms with Crippen LogP contribution in [0.15, 0.2) is 37.4 Å². The number of hydrogen-bond acceptors (Lipinski definition) is 5. The Morgan fingerprint density at radius 3 is 2.70 bits per heavy atom. The molecule has 0 aliphatic rings. The highest BCUT2D eigenvalue weighted by molar-refractivity contribution is 9.10. The Balaban J connectivity index is 2.49. The van der Waals surface area contributed by atoms with Crippen LogP contribution in [0, 0.1) is 0 Å². The molecule has 2 aromatic rings. The van der Waals surface area contributed by atoms with Gasteiger partial charge in [-0.25, -0.2) is 18.2 Å². The molecule has 2 aromatic heterocycles. The van der Waals surface area contributed by atoms with Gasteiger partial charge in [-0.15, -0.1) is 0 Å². The van der Waals surface area contributed by atoms with E-state index in [4.69, 9.17) is 11.6 Å². The van der Waals surface area contributed by atoms with Crippen LogP contribution in [0.25, 0.3) is 0 Å². The van der Waals surface area contributed by atoms with Crippen LogP contribution in [0.1, 0.15) is 0 Å². The van der Waals surface area contributed by atoms with Crippen LogP contribution in [0.3, 0.4) is 0 Å². The molecule has 0 fully saturated rings. The molecule has 0 unspecified atom stereocenters. The second-order valence-corrected chi connectivity index (χ2v) is 6.46. The summed E-state index contributed by atoms with van der Waals surface area (Å²) in [6, 6.07) is 1.38. The van der Waals surface area contributed by atoms with Gasteiger partial charge in [0.2, 0.25) is 0 Å². The van der Waals surface area contributed by atoms with E-state index in [0.29, 0.717) is 4.47 Å². The first-order valence-corrected chi connectivity index (χ1v) is 7.61. The molecule has 0 amide bonds. The molecule has 106 valence electrons.